The maximum absolute atomic E-state index is 10.2. The molecule has 0 heterocycles. The minimum absolute atomic E-state index is 0.162. The van der Waals surface area contributed by atoms with Crippen LogP contribution in [0.25, 0.3) is 0 Å². The zero-order chi connectivity index (χ0) is 13.3. The highest BCUT2D eigenvalue weighted by atomic mass is 127. The molecule has 0 aliphatic carbocycles. The monoisotopic (exact) mass is 354 g/mol. The van der Waals surface area contributed by atoms with Crippen molar-refractivity contribution in [1.82, 2.24) is 0 Å². The molecule has 100 valence electrons. The first-order valence-electron chi connectivity index (χ1n) is 5.67. The largest absolute Gasteiger partial charge is 0.392 e. The molecule has 0 aliphatic heterocycles. The van der Waals surface area contributed by atoms with Gasteiger partial charge in [0.1, 0.15) is 6.79 Å². The number of halogens is 1. The predicted octanol–water partition coefficient (Wildman–Crippen LogP) is 3.28. The van der Waals surface area contributed by atoms with Gasteiger partial charge >= 0.3 is 0 Å². The Morgan fingerprint density at radius 1 is 1.41 bits per heavy atom. The second kappa shape index (κ2) is 9.08. The van der Waals surface area contributed by atoms with Crippen molar-refractivity contribution >= 4 is 22.6 Å². The van der Waals surface area contributed by atoms with Crippen LogP contribution in [0.1, 0.15) is 27.2 Å². The van der Waals surface area contributed by atoms with Crippen molar-refractivity contribution in [3.05, 3.63) is 22.3 Å². The number of ether oxygens (including phenoxy) is 2. The average Bonchev–Trinajstić information content (AvgIpc) is 2.31. The standard InChI is InChI=1S/C13H23IO3/c1-5-7-12(17-10-16-4)13(2,3)11(15)8-6-9-14/h5-7,9,11-12,15H,8,10H2,1-4H3/b7-5+,9-6-/t11-,12-/m0/s1. The second-order valence-electron chi connectivity index (χ2n) is 4.45. The molecule has 0 aromatic carbocycles. The molecule has 3 nitrogen and oxygen atoms in total. The molecular weight excluding hydrogens is 331 g/mol. The van der Waals surface area contributed by atoms with Crippen LogP contribution >= 0.6 is 22.6 Å². The van der Waals surface area contributed by atoms with Crippen LogP contribution in [0, 0.1) is 5.41 Å². The van der Waals surface area contributed by atoms with Crippen LogP contribution in [0.5, 0.6) is 0 Å². The first-order chi connectivity index (χ1) is 8.00. The molecule has 0 aromatic heterocycles. The summed E-state index contributed by atoms with van der Waals surface area (Å²) in [5, 5.41) is 10.2. The van der Waals surface area contributed by atoms with Crippen molar-refractivity contribution in [2.24, 2.45) is 5.41 Å². The molecule has 0 aromatic rings. The van der Waals surface area contributed by atoms with E-state index in [0.29, 0.717) is 6.42 Å². The van der Waals surface area contributed by atoms with Gasteiger partial charge in [-0.15, -0.1) is 0 Å². The topological polar surface area (TPSA) is 38.7 Å². The van der Waals surface area contributed by atoms with E-state index < -0.39 is 6.10 Å². The van der Waals surface area contributed by atoms with Gasteiger partial charge in [-0.3, -0.25) is 0 Å². The van der Waals surface area contributed by atoms with Crippen molar-refractivity contribution in [3.8, 4) is 0 Å². The van der Waals surface area contributed by atoms with Crippen molar-refractivity contribution in [2.45, 2.75) is 39.4 Å². The molecule has 0 radical (unpaired) electrons. The van der Waals surface area contributed by atoms with Crippen molar-refractivity contribution < 1.29 is 14.6 Å². The van der Waals surface area contributed by atoms with Crippen LogP contribution in [0.15, 0.2) is 22.3 Å². The van der Waals surface area contributed by atoms with Crippen LogP contribution in [0.4, 0.5) is 0 Å². The zero-order valence-corrected chi connectivity index (χ0v) is 13.2. The first kappa shape index (κ1) is 17.1. The molecule has 0 amide bonds. The highest BCUT2D eigenvalue weighted by Gasteiger charge is 2.35. The lowest BCUT2D eigenvalue weighted by Crippen LogP contribution is -2.41. The number of methoxy groups -OCH3 is 1. The smallest absolute Gasteiger partial charge is 0.147 e. The van der Waals surface area contributed by atoms with E-state index in [9.17, 15) is 5.11 Å². The molecule has 1 N–H and O–H groups in total. The lowest BCUT2D eigenvalue weighted by Gasteiger charge is -2.36. The molecule has 2 atom stereocenters. The summed E-state index contributed by atoms with van der Waals surface area (Å²) in [6.45, 7) is 6.17. The molecule has 4 heteroatoms. The number of aliphatic hydroxyl groups is 1. The number of hydrogen-bond acceptors (Lipinski definition) is 3. The quantitative estimate of drug-likeness (QED) is 0.413. The van der Waals surface area contributed by atoms with Gasteiger partial charge in [0.05, 0.1) is 12.2 Å². The van der Waals surface area contributed by atoms with Crippen LogP contribution in [-0.4, -0.2) is 31.2 Å². The summed E-state index contributed by atoms with van der Waals surface area (Å²) < 4.78 is 12.4. The fourth-order valence-corrected chi connectivity index (χ4v) is 1.80. The summed E-state index contributed by atoms with van der Waals surface area (Å²) >= 11 is 2.15. The SMILES string of the molecule is C/C=C/[C@H](OCOC)C(C)(C)[C@@H](O)C/C=C\I. The Balaban J connectivity index is 4.66. The minimum Gasteiger partial charge on any atom is -0.392 e. The Morgan fingerprint density at radius 2 is 2.06 bits per heavy atom. The van der Waals surface area contributed by atoms with Crippen LogP contribution in [0.3, 0.4) is 0 Å². The third kappa shape index (κ3) is 5.99. The number of allylic oxidation sites excluding steroid dienone is 1. The van der Waals surface area contributed by atoms with Gasteiger partial charge in [0.25, 0.3) is 0 Å². The summed E-state index contributed by atoms with van der Waals surface area (Å²) in [5.41, 5.74) is -0.360. The van der Waals surface area contributed by atoms with E-state index in [-0.39, 0.29) is 18.3 Å². The van der Waals surface area contributed by atoms with Gasteiger partial charge in [-0.05, 0) is 17.4 Å². The molecule has 0 rings (SSSR count). The van der Waals surface area contributed by atoms with E-state index in [1.807, 2.05) is 43.1 Å². The molecule has 0 bridgehead atoms. The van der Waals surface area contributed by atoms with Crippen LogP contribution in [0.2, 0.25) is 0 Å². The maximum atomic E-state index is 10.2. The summed E-state index contributed by atoms with van der Waals surface area (Å²) in [6.07, 6.45) is 5.85. The highest BCUT2D eigenvalue weighted by molar-refractivity contribution is 14.1. The highest BCUT2D eigenvalue weighted by Crippen LogP contribution is 2.31. The number of rotatable bonds is 8. The molecule has 17 heavy (non-hydrogen) atoms. The molecular formula is C13H23IO3. The fraction of sp³-hybridized carbons (Fsp3) is 0.692. The van der Waals surface area contributed by atoms with E-state index >= 15 is 0 Å². The normalized spacial score (nSPS) is 16.8. The minimum atomic E-state index is -0.452. The third-order valence-corrected chi connectivity index (χ3v) is 3.28. The molecule has 0 aliphatic rings. The predicted molar refractivity (Wildman–Crippen MR) is 79.1 cm³/mol. The summed E-state index contributed by atoms with van der Waals surface area (Å²) in [7, 11) is 1.59. The molecule has 0 fully saturated rings. The van der Waals surface area contributed by atoms with Gasteiger partial charge in [0, 0.05) is 12.5 Å². The van der Waals surface area contributed by atoms with Gasteiger partial charge in [0.15, 0.2) is 0 Å². The van der Waals surface area contributed by atoms with E-state index in [4.69, 9.17) is 9.47 Å². The van der Waals surface area contributed by atoms with Crippen LogP contribution in [-0.2, 0) is 9.47 Å². The van der Waals surface area contributed by atoms with Gasteiger partial charge in [0.2, 0.25) is 0 Å². The molecule has 0 saturated carbocycles. The van der Waals surface area contributed by atoms with E-state index in [1.54, 1.807) is 7.11 Å². The lowest BCUT2D eigenvalue weighted by atomic mass is 9.79. The Labute approximate surface area is 118 Å². The number of aliphatic hydroxyl groups excluding tert-OH is 1. The van der Waals surface area contributed by atoms with E-state index in [1.165, 1.54) is 0 Å². The third-order valence-electron chi connectivity index (χ3n) is 2.77. The number of hydrogen-bond donors (Lipinski definition) is 1. The molecule has 0 unspecified atom stereocenters. The van der Waals surface area contributed by atoms with Crippen molar-refractivity contribution in [1.29, 1.82) is 0 Å². The second-order valence-corrected chi connectivity index (χ2v) is 5.17. The van der Waals surface area contributed by atoms with E-state index in [2.05, 4.69) is 22.6 Å². The van der Waals surface area contributed by atoms with Gasteiger partial charge in [-0.2, -0.15) is 0 Å². The fourth-order valence-electron chi connectivity index (χ4n) is 1.51. The molecule has 0 saturated heterocycles. The Hall–Kier alpha value is 0.0900. The average molecular weight is 354 g/mol. The van der Waals surface area contributed by atoms with Gasteiger partial charge in [-0.1, -0.05) is 54.7 Å². The first-order valence-corrected chi connectivity index (χ1v) is 6.91. The van der Waals surface area contributed by atoms with Crippen LogP contribution < -0.4 is 0 Å². The summed E-state index contributed by atoms with van der Waals surface area (Å²) in [6, 6.07) is 0. The summed E-state index contributed by atoms with van der Waals surface area (Å²) in [5.74, 6) is 0. The lowest BCUT2D eigenvalue weighted by molar-refractivity contribution is -0.119. The van der Waals surface area contributed by atoms with Gasteiger partial charge in [-0.25, -0.2) is 0 Å². The molecule has 0 spiro atoms. The Kier molecular flexibility index (Phi) is 9.13. The summed E-state index contributed by atoms with van der Waals surface area (Å²) in [4.78, 5) is 0. The maximum Gasteiger partial charge on any atom is 0.147 e. The van der Waals surface area contributed by atoms with Crippen molar-refractivity contribution in [2.75, 3.05) is 13.9 Å². The Morgan fingerprint density at radius 3 is 2.53 bits per heavy atom. The van der Waals surface area contributed by atoms with Gasteiger partial charge < -0.3 is 14.6 Å². The van der Waals surface area contributed by atoms with E-state index in [0.717, 1.165) is 0 Å². The van der Waals surface area contributed by atoms with Crippen molar-refractivity contribution in [3.63, 3.8) is 0 Å². The zero-order valence-electron chi connectivity index (χ0n) is 11.0. The Bertz CT molecular complexity index is 249.